The third kappa shape index (κ3) is 6.08. The van der Waals surface area contributed by atoms with Crippen molar-refractivity contribution < 1.29 is 9.59 Å². The van der Waals surface area contributed by atoms with Gasteiger partial charge in [-0.05, 0) is 25.3 Å². The zero-order valence-corrected chi connectivity index (χ0v) is 13.6. The second-order valence-electron chi connectivity index (χ2n) is 5.22. The first-order chi connectivity index (χ1) is 10.6. The van der Waals surface area contributed by atoms with Crippen LogP contribution in [0.25, 0.3) is 0 Å². The molecule has 0 aromatic heterocycles. The van der Waals surface area contributed by atoms with Crippen molar-refractivity contribution in [2.45, 2.75) is 52.5 Å². The van der Waals surface area contributed by atoms with Gasteiger partial charge < -0.3 is 5.32 Å². The van der Waals surface area contributed by atoms with E-state index in [9.17, 15) is 9.59 Å². The van der Waals surface area contributed by atoms with Crippen LogP contribution in [0.1, 0.15) is 58.1 Å². The van der Waals surface area contributed by atoms with E-state index in [2.05, 4.69) is 29.7 Å². The Hall–Kier alpha value is -2.17. The maximum Gasteiger partial charge on any atom is 0.329 e. The quantitative estimate of drug-likeness (QED) is 0.462. The smallest absolute Gasteiger partial charge is 0.329 e. The Kier molecular flexibility index (Phi) is 7.89. The summed E-state index contributed by atoms with van der Waals surface area (Å²) in [5, 5.41) is 6.72. The van der Waals surface area contributed by atoms with Gasteiger partial charge in [-0.25, -0.2) is 5.43 Å². The lowest BCUT2D eigenvalue weighted by molar-refractivity contribution is -0.139. The molecule has 0 saturated heterocycles. The van der Waals surface area contributed by atoms with Crippen molar-refractivity contribution in [3.8, 4) is 0 Å². The van der Waals surface area contributed by atoms with E-state index in [-0.39, 0.29) is 6.04 Å². The molecule has 5 nitrogen and oxygen atoms in total. The molecule has 0 aliphatic rings. The fourth-order valence-electron chi connectivity index (χ4n) is 2.08. The predicted molar refractivity (Wildman–Crippen MR) is 88.4 cm³/mol. The zero-order chi connectivity index (χ0) is 16.4. The van der Waals surface area contributed by atoms with Gasteiger partial charge in [0.15, 0.2) is 0 Å². The number of hydrogen-bond acceptors (Lipinski definition) is 3. The average molecular weight is 303 g/mol. The number of rotatable bonds is 7. The van der Waals surface area contributed by atoms with Gasteiger partial charge in [-0.15, -0.1) is 0 Å². The summed E-state index contributed by atoms with van der Waals surface area (Å²) < 4.78 is 0. The number of carbonyl (C=O) groups excluding carboxylic acids is 2. The number of nitrogens with one attached hydrogen (secondary N) is 2. The average Bonchev–Trinajstić information content (AvgIpc) is 2.53. The number of amides is 2. The SMILES string of the molecule is CCCC(CCC)=NNC(=O)C(=O)N[C@H](C)c1ccccc1. The van der Waals surface area contributed by atoms with E-state index in [1.54, 1.807) is 0 Å². The predicted octanol–water partition coefficient (Wildman–Crippen LogP) is 2.94. The minimum absolute atomic E-state index is 0.228. The molecule has 1 aromatic carbocycles. The van der Waals surface area contributed by atoms with Crippen LogP contribution in [0.3, 0.4) is 0 Å². The second-order valence-corrected chi connectivity index (χ2v) is 5.22. The zero-order valence-electron chi connectivity index (χ0n) is 13.6. The van der Waals surface area contributed by atoms with Crippen LogP contribution in [0.5, 0.6) is 0 Å². The number of nitrogens with zero attached hydrogens (tertiary/aromatic N) is 1. The van der Waals surface area contributed by atoms with Crippen molar-refractivity contribution in [1.29, 1.82) is 0 Å². The summed E-state index contributed by atoms with van der Waals surface area (Å²) in [6.45, 7) is 5.95. The van der Waals surface area contributed by atoms with Gasteiger partial charge in [-0.3, -0.25) is 9.59 Å². The van der Waals surface area contributed by atoms with E-state index < -0.39 is 11.8 Å². The fourth-order valence-corrected chi connectivity index (χ4v) is 2.08. The summed E-state index contributed by atoms with van der Waals surface area (Å²) >= 11 is 0. The van der Waals surface area contributed by atoms with Crippen molar-refractivity contribution >= 4 is 17.5 Å². The Labute approximate surface area is 132 Å². The molecule has 1 aromatic rings. The normalized spacial score (nSPS) is 11.4. The number of carbonyl (C=O) groups is 2. The lowest BCUT2D eigenvalue weighted by atomic mass is 10.1. The van der Waals surface area contributed by atoms with Gasteiger partial charge in [-0.2, -0.15) is 5.10 Å². The lowest BCUT2D eigenvalue weighted by Gasteiger charge is -2.13. The fraction of sp³-hybridized carbons (Fsp3) is 0.471. The largest absolute Gasteiger partial charge is 0.341 e. The third-order valence-electron chi connectivity index (χ3n) is 3.25. The summed E-state index contributed by atoms with van der Waals surface area (Å²) in [6, 6.07) is 9.27. The van der Waals surface area contributed by atoms with Crippen LogP contribution in [-0.2, 0) is 9.59 Å². The van der Waals surface area contributed by atoms with Gasteiger partial charge in [-0.1, -0.05) is 57.0 Å². The van der Waals surface area contributed by atoms with Crippen LogP contribution in [0.2, 0.25) is 0 Å². The Morgan fingerprint density at radius 1 is 1.05 bits per heavy atom. The molecule has 0 bridgehead atoms. The summed E-state index contributed by atoms with van der Waals surface area (Å²) in [6.07, 6.45) is 3.59. The van der Waals surface area contributed by atoms with Crippen molar-refractivity contribution in [3.05, 3.63) is 35.9 Å². The molecule has 0 radical (unpaired) electrons. The van der Waals surface area contributed by atoms with Gasteiger partial charge in [0.1, 0.15) is 0 Å². The van der Waals surface area contributed by atoms with Gasteiger partial charge >= 0.3 is 11.8 Å². The van der Waals surface area contributed by atoms with Crippen LogP contribution in [-0.4, -0.2) is 17.5 Å². The minimum Gasteiger partial charge on any atom is -0.341 e. The molecule has 0 saturated carbocycles. The lowest BCUT2D eigenvalue weighted by Crippen LogP contribution is -2.39. The van der Waals surface area contributed by atoms with E-state index >= 15 is 0 Å². The molecule has 2 amide bonds. The molecule has 0 fully saturated rings. The van der Waals surface area contributed by atoms with Gasteiger partial charge in [0.2, 0.25) is 0 Å². The molecule has 0 aliphatic heterocycles. The molecule has 0 aliphatic carbocycles. The molecule has 120 valence electrons. The van der Waals surface area contributed by atoms with E-state index in [1.807, 2.05) is 37.3 Å². The van der Waals surface area contributed by atoms with E-state index in [0.717, 1.165) is 37.0 Å². The summed E-state index contributed by atoms with van der Waals surface area (Å²) in [5.41, 5.74) is 4.21. The highest BCUT2D eigenvalue weighted by atomic mass is 16.2. The molecule has 1 rings (SSSR count). The van der Waals surface area contributed by atoms with Crippen LogP contribution in [0, 0.1) is 0 Å². The Balaban J connectivity index is 2.54. The van der Waals surface area contributed by atoms with E-state index in [4.69, 9.17) is 0 Å². The first-order valence-electron chi connectivity index (χ1n) is 7.79. The summed E-state index contributed by atoms with van der Waals surface area (Å²) in [7, 11) is 0. The van der Waals surface area contributed by atoms with Crippen molar-refractivity contribution in [2.24, 2.45) is 5.10 Å². The standard InChI is InChI=1S/C17H25N3O2/c1-4-9-15(10-5-2)19-20-17(22)16(21)18-13(3)14-11-7-6-8-12-14/h6-8,11-13H,4-5,9-10H2,1-3H3,(H,18,21)(H,20,22)/t13-/m1/s1. The summed E-state index contributed by atoms with van der Waals surface area (Å²) in [4.78, 5) is 23.7. The second kappa shape index (κ2) is 9.71. The molecule has 2 N–H and O–H groups in total. The molecular formula is C17H25N3O2. The number of hydrogen-bond donors (Lipinski definition) is 2. The third-order valence-corrected chi connectivity index (χ3v) is 3.25. The van der Waals surface area contributed by atoms with Gasteiger partial charge in [0, 0.05) is 5.71 Å². The Bertz CT molecular complexity index is 504. The first-order valence-corrected chi connectivity index (χ1v) is 7.79. The minimum atomic E-state index is -0.729. The summed E-state index contributed by atoms with van der Waals surface area (Å²) in [5.74, 6) is -1.40. The molecular weight excluding hydrogens is 278 g/mol. The first kappa shape index (κ1) is 17.9. The van der Waals surface area contributed by atoms with Crippen LogP contribution >= 0.6 is 0 Å². The molecule has 0 spiro atoms. The highest BCUT2D eigenvalue weighted by molar-refractivity contribution is 6.35. The highest BCUT2D eigenvalue weighted by Crippen LogP contribution is 2.10. The number of hydrazone groups is 1. The van der Waals surface area contributed by atoms with E-state index in [0.29, 0.717) is 0 Å². The van der Waals surface area contributed by atoms with Gasteiger partial charge in [0.25, 0.3) is 0 Å². The molecule has 1 atom stereocenters. The number of benzene rings is 1. The van der Waals surface area contributed by atoms with Crippen molar-refractivity contribution in [1.82, 2.24) is 10.7 Å². The topological polar surface area (TPSA) is 70.6 Å². The monoisotopic (exact) mass is 303 g/mol. The molecule has 0 unspecified atom stereocenters. The molecule has 5 heteroatoms. The van der Waals surface area contributed by atoms with E-state index in [1.165, 1.54) is 0 Å². The Morgan fingerprint density at radius 2 is 1.64 bits per heavy atom. The molecule has 0 heterocycles. The van der Waals surface area contributed by atoms with Crippen molar-refractivity contribution in [2.75, 3.05) is 0 Å². The van der Waals surface area contributed by atoms with Crippen LogP contribution < -0.4 is 10.7 Å². The maximum absolute atomic E-state index is 11.9. The Morgan fingerprint density at radius 3 is 2.18 bits per heavy atom. The van der Waals surface area contributed by atoms with Crippen LogP contribution in [0.4, 0.5) is 0 Å². The maximum atomic E-state index is 11.9. The molecule has 22 heavy (non-hydrogen) atoms. The van der Waals surface area contributed by atoms with Gasteiger partial charge in [0.05, 0.1) is 6.04 Å². The highest BCUT2D eigenvalue weighted by Gasteiger charge is 2.16. The van der Waals surface area contributed by atoms with Crippen LogP contribution in [0.15, 0.2) is 35.4 Å². The van der Waals surface area contributed by atoms with Crippen molar-refractivity contribution in [3.63, 3.8) is 0 Å².